The van der Waals surface area contributed by atoms with E-state index in [1.807, 2.05) is 12.1 Å². The minimum atomic E-state index is -0.252. The van der Waals surface area contributed by atoms with Crippen molar-refractivity contribution in [2.45, 2.75) is 6.42 Å². The molecule has 3 rings (SSSR count). The molecule has 0 aliphatic carbocycles. The number of halogens is 1. The molecule has 0 atom stereocenters. The molecule has 5 nitrogen and oxygen atoms in total. The van der Waals surface area contributed by atoms with E-state index in [9.17, 15) is 4.39 Å². The van der Waals surface area contributed by atoms with Crippen LogP contribution in [0.1, 0.15) is 17.0 Å². The molecular weight excluding hydrogens is 293 g/mol. The standard InChI is InChI=1S/C17H18FN5/c1-22-5-7-23(8-6-22)17-14(12-20-16(11-19)21-17)9-13-3-2-4-15(18)10-13/h2-4,10,12H,5-9H2,1H3. The van der Waals surface area contributed by atoms with Crippen molar-refractivity contribution in [3.8, 4) is 6.07 Å². The van der Waals surface area contributed by atoms with Gasteiger partial charge >= 0.3 is 0 Å². The summed E-state index contributed by atoms with van der Waals surface area (Å²) in [5.74, 6) is 0.703. The Labute approximate surface area is 135 Å². The number of hydrogen-bond donors (Lipinski definition) is 0. The molecule has 1 aliphatic heterocycles. The topological polar surface area (TPSA) is 56.0 Å². The third-order valence-corrected chi connectivity index (χ3v) is 4.03. The SMILES string of the molecule is CN1CCN(c2nc(C#N)ncc2Cc2cccc(F)c2)CC1. The predicted octanol–water partition coefficient (Wildman–Crippen LogP) is 1.83. The highest BCUT2D eigenvalue weighted by molar-refractivity contribution is 5.49. The number of aromatic nitrogens is 2. The van der Waals surface area contributed by atoms with Crippen molar-refractivity contribution in [1.82, 2.24) is 14.9 Å². The fraction of sp³-hybridized carbons (Fsp3) is 0.353. The molecule has 0 spiro atoms. The highest BCUT2D eigenvalue weighted by Gasteiger charge is 2.19. The van der Waals surface area contributed by atoms with Crippen LogP contribution in [0.2, 0.25) is 0 Å². The Morgan fingerprint density at radius 2 is 2.04 bits per heavy atom. The molecule has 0 radical (unpaired) electrons. The number of benzene rings is 1. The highest BCUT2D eigenvalue weighted by atomic mass is 19.1. The number of nitriles is 1. The van der Waals surface area contributed by atoms with Crippen LogP contribution in [0.3, 0.4) is 0 Å². The Hall–Kier alpha value is -2.52. The molecule has 1 aliphatic rings. The smallest absolute Gasteiger partial charge is 0.234 e. The molecule has 0 bridgehead atoms. The molecule has 2 heterocycles. The zero-order chi connectivity index (χ0) is 16.2. The van der Waals surface area contributed by atoms with Gasteiger partial charge in [-0.3, -0.25) is 0 Å². The number of hydrogen-bond acceptors (Lipinski definition) is 5. The van der Waals surface area contributed by atoms with Crippen molar-refractivity contribution in [2.75, 3.05) is 38.1 Å². The van der Waals surface area contributed by atoms with Gasteiger partial charge in [0.25, 0.3) is 0 Å². The van der Waals surface area contributed by atoms with Gasteiger partial charge in [0.15, 0.2) is 0 Å². The molecule has 23 heavy (non-hydrogen) atoms. The van der Waals surface area contributed by atoms with E-state index in [1.165, 1.54) is 12.1 Å². The quantitative estimate of drug-likeness (QED) is 0.865. The van der Waals surface area contributed by atoms with Gasteiger partial charge in [0, 0.05) is 44.4 Å². The molecule has 1 aromatic heterocycles. The van der Waals surface area contributed by atoms with E-state index < -0.39 is 0 Å². The van der Waals surface area contributed by atoms with E-state index in [0.717, 1.165) is 43.1 Å². The Morgan fingerprint density at radius 1 is 1.26 bits per heavy atom. The van der Waals surface area contributed by atoms with E-state index in [1.54, 1.807) is 12.3 Å². The highest BCUT2D eigenvalue weighted by Crippen LogP contribution is 2.22. The van der Waals surface area contributed by atoms with E-state index in [4.69, 9.17) is 5.26 Å². The number of piperazine rings is 1. The van der Waals surface area contributed by atoms with Crippen molar-refractivity contribution in [3.63, 3.8) is 0 Å². The lowest BCUT2D eigenvalue weighted by Crippen LogP contribution is -2.45. The van der Waals surface area contributed by atoms with Gasteiger partial charge in [-0.25, -0.2) is 14.4 Å². The molecule has 2 aromatic rings. The first-order valence-electron chi connectivity index (χ1n) is 7.59. The average Bonchev–Trinajstić information content (AvgIpc) is 2.56. The zero-order valence-electron chi connectivity index (χ0n) is 13.0. The maximum absolute atomic E-state index is 13.4. The third-order valence-electron chi connectivity index (χ3n) is 4.03. The van der Waals surface area contributed by atoms with Crippen LogP contribution in [0.25, 0.3) is 0 Å². The van der Waals surface area contributed by atoms with Crippen LogP contribution in [0, 0.1) is 17.1 Å². The minimum Gasteiger partial charge on any atom is -0.354 e. The maximum atomic E-state index is 13.4. The lowest BCUT2D eigenvalue weighted by molar-refractivity contribution is 0.311. The summed E-state index contributed by atoms with van der Waals surface area (Å²) in [4.78, 5) is 12.9. The summed E-state index contributed by atoms with van der Waals surface area (Å²) in [6.07, 6.45) is 2.23. The summed E-state index contributed by atoms with van der Waals surface area (Å²) in [6.45, 7) is 3.61. The number of anilines is 1. The predicted molar refractivity (Wildman–Crippen MR) is 85.7 cm³/mol. The molecule has 118 valence electrons. The summed E-state index contributed by atoms with van der Waals surface area (Å²) in [5, 5.41) is 9.07. The van der Waals surface area contributed by atoms with Gasteiger partial charge in [-0.1, -0.05) is 12.1 Å². The number of rotatable bonds is 3. The number of likely N-dealkylation sites (N-methyl/N-ethyl adjacent to an activating group) is 1. The van der Waals surface area contributed by atoms with Crippen molar-refractivity contribution in [1.29, 1.82) is 5.26 Å². The lowest BCUT2D eigenvalue weighted by atomic mass is 10.1. The summed E-state index contributed by atoms with van der Waals surface area (Å²) in [6, 6.07) is 8.53. The average molecular weight is 311 g/mol. The molecular formula is C17H18FN5. The van der Waals surface area contributed by atoms with Crippen molar-refractivity contribution < 1.29 is 4.39 Å². The largest absolute Gasteiger partial charge is 0.354 e. The van der Waals surface area contributed by atoms with Gasteiger partial charge in [-0.2, -0.15) is 5.26 Å². The maximum Gasteiger partial charge on any atom is 0.234 e. The summed E-state index contributed by atoms with van der Waals surface area (Å²) < 4.78 is 13.4. The van der Waals surface area contributed by atoms with Crippen LogP contribution >= 0.6 is 0 Å². The second kappa shape index (κ2) is 6.71. The Balaban J connectivity index is 1.91. The second-order valence-electron chi connectivity index (χ2n) is 5.75. The first kappa shape index (κ1) is 15.4. The molecule has 0 amide bonds. The normalized spacial score (nSPS) is 15.4. The molecule has 1 aromatic carbocycles. The van der Waals surface area contributed by atoms with Gasteiger partial charge < -0.3 is 9.80 Å². The molecule has 0 saturated carbocycles. The lowest BCUT2D eigenvalue weighted by Gasteiger charge is -2.34. The second-order valence-corrected chi connectivity index (χ2v) is 5.75. The van der Waals surface area contributed by atoms with Gasteiger partial charge in [0.05, 0.1) is 0 Å². The van der Waals surface area contributed by atoms with Crippen LogP contribution in [-0.2, 0) is 6.42 Å². The molecule has 0 N–H and O–H groups in total. The Kier molecular flexibility index (Phi) is 4.49. The van der Waals surface area contributed by atoms with Gasteiger partial charge in [0.2, 0.25) is 5.82 Å². The first-order valence-corrected chi connectivity index (χ1v) is 7.59. The summed E-state index contributed by atoms with van der Waals surface area (Å²) in [7, 11) is 2.09. The fourth-order valence-corrected chi connectivity index (χ4v) is 2.74. The van der Waals surface area contributed by atoms with Crippen molar-refractivity contribution >= 4 is 5.82 Å². The van der Waals surface area contributed by atoms with Crippen LogP contribution in [0.5, 0.6) is 0 Å². The molecule has 0 unspecified atom stereocenters. The van der Waals surface area contributed by atoms with Gasteiger partial charge in [-0.05, 0) is 24.7 Å². The monoisotopic (exact) mass is 311 g/mol. The molecule has 1 saturated heterocycles. The van der Waals surface area contributed by atoms with E-state index in [0.29, 0.717) is 6.42 Å². The summed E-state index contributed by atoms with van der Waals surface area (Å²) >= 11 is 0. The molecule has 6 heteroatoms. The van der Waals surface area contributed by atoms with Crippen molar-refractivity contribution in [2.24, 2.45) is 0 Å². The van der Waals surface area contributed by atoms with E-state index in [2.05, 4.69) is 26.8 Å². The van der Waals surface area contributed by atoms with Crippen LogP contribution < -0.4 is 4.90 Å². The van der Waals surface area contributed by atoms with Gasteiger partial charge in [0.1, 0.15) is 17.7 Å². The van der Waals surface area contributed by atoms with Gasteiger partial charge in [-0.15, -0.1) is 0 Å². The van der Waals surface area contributed by atoms with Crippen LogP contribution in [-0.4, -0.2) is 48.1 Å². The molecule has 1 fully saturated rings. The Bertz CT molecular complexity index is 732. The van der Waals surface area contributed by atoms with Crippen molar-refractivity contribution in [3.05, 3.63) is 53.2 Å². The van der Waals surface area contributed by atoms with Crippen LogP contribution in [0.15, 0.2) is 30.5 Å². The zero-order valence-corrected chi connectivity index (χ0v) is 13.0. The third kappa shape index (κ3) is 3.63. The minimum absolute atomic E-state index is 0.168. The van der Waals surface area contributed by atoms with E-state index in [-0.39, 0.29) is 11.6 Å². The first-order chi connectivity index (χ1) is 11.2. The fourth-order valence-electron chi connectivity index (χ4n) is 2.74. The Morgan fingerprint density at radius 3 is 2.74 bits per heavy atom. The summed E-state index contributed by atoms with van der Waals surface area (Å²) in [5.41, 5.74) is 1.79. The van der Waals surface area contributed by atoms with Crippen LogP contribution in [0.4, 0.5) is 10.2 Å². The van der Waals surface area contributed by atoms with E-state index >= 15 is 0 Å². The number of nitrogens with zero attached hydrogens (tertiary/aromatic N) is 5.